The third-order valence-electron chi connectivity index (χ3n) is 5.41. The van der Waals surface area contributed by atoms with Crippen molar-refractivity contribution >= 4 is 12.0 Å². The Labute approximate surface area is 193 Å². The molecule has 3 rings (SSSR count). The summed E-state index contributed by atoms with van der Waals surface area (Å²) in [6.07, 6.45) is 2.34. The van der Waals surface area contributed by atoms with E-state index in [0.29, 0.717) is 41.4 Å². The number of esters is 1. The fourth-order valence-corrected chi connectivity index (χ4v) is 3.64. The third-order valence-corrected chi connectivity index (χ3v) is 5.41. The summed E-state index contributed by atoms with van der Waals surface area (Å²) in [6.45, 7) is 2.40. The van der Waals surface area contributed by atoms with Gasteiger partial charge in [0.25, 0.3) is 0 Å². The van der Waals surface area contributed by atoms with Crippen LogP contribution in [-0.4, -0.2) is 33.3 Å². The Morgan fingerprint density at radius 2 is 1.76 bits per heavy atom. The predicted molar refractivity (Wildman–Crippen MR) is 123 cm³/mol. The largest absolute Gasteiger partial charge is 0.497 e. The topological polar surface area (TPSA) is 95.1 Å². The van der Waals surface area contributed by atoms with Gasteiger partial charge in [0.05, 0.1) is 32.9 Å². The normalized spacial score (nSPS) is 15.4. The summed E-state index contributed by atoms with van der Waals surface area (Å²) in [5.74, 6) is 1.33. The molecule has 0 saturated heterocycles. The molecular weight excluding hydrogens is 424 g/mol. The fraction of sp³-hybridized carbons (Fsp3) is 0.360. The highest BCUT2D eigenvalue weighted by Crippen LogP contribution is 2.35. The maximum absolute atomic E-state index is 12.6. The van der Waals surface area contributed by atoms with Crippen LogP contribution in [0, 0.1) is 0 Å². The van der Waals surface area contributed by atoms with Crippen LogP contribution in [0.15, 0.2) is 53.7 Å². The number of nitrogens with one attached hydrogen (secondary N) is 2. The molecule has 1 atom stereocenters. The van der Waals surface area contributed by atoms with E-state index in [1.807, 2.05) is 37.3 Å². The summed E-state index contributed by atoms with van der Waals surface area (Å²) < 4.78 is 21.7. The molecule has 0 fully saturated rings. The van der Waals surface area contributed by atoms with Crippen LogP contribution in [0.2, 0.25) is 0 Å². The van der Waals surface area contributed by atoms with Crippen LogP contribution < -0.4 is 24.8 Å². The lowest BCUT2D eigenvalue weighted by Crippen LogP contribution is -2.45. The molecule has 0 aromatic heterocycles. The monoisotopic (exact) mass is 454 g/mol. The number of carbonyl (C=O) groups excluding carboxylic acids is 2. The van der Waals surface area contributed by atoms with Crippen LogP contribution in [-0.2, 0) is 16.1 Å². The molecular formula is C25H30N2O6. The van der Waals surface area contributed by atoms with E-state index in [0.717, 1.165) is 24.2 Å². The number of benzene rings is 2. The number of hydrogen-bond acceptors (Lipinski definition) is 6. The molecule has 8 nitrogen and oxygen atoms in total. The van der Waals surface area contributed by atoms with Crippen molar-refractivity contribution < 1.29 is 28.5 Å². The molecule has 0 radical (unpaired) electrons. The molecule has 1 aliphatic rings. The zero-order valence-electron chi connectivity index (χ0n) is 19.4. The second kappa shape index (κ2) is 11.3. The second-order valence-electron chi connectivity index (χ2n) is 7.57. The van der Waals surface area contributed by atoms with Crippen molar-refractivity contribution in [2.24, 2.45) is 0 Å². The van der Waals surface area contributed by atoms with Crippen LogP contribution in [0.1, 0.15) is 43.4 Å². The van der Waals surface area contributed by atoms with Crippen molar-refractivity contribution in [2.75, 3.05) is 21.3 Å². The molecule has 2 aromatic rings. The van der Waals surface area contributed by atoms with Gasteiger partial charge in [0.2, 0.25) is 0 Å². The van der Waals surface area contributed by atoms with E-state index in [-0.39, 0.29) is 6.03 Å². The molecule has 1 aliphatic heterocycles. The van der Waals surface area contributed by atoms with Crippen molar-refractivity contribution in [3.8, 4) is 17.2 Å². The zero-order chi connectivity index (χ0) is 23.8. The summed E-state index contributed by atoms with van der Waals surface area (Å²) in [5, 5.41) is 5.59. The van der Waals surface area contributed by atoms with Crippen molar-refractivity contribution in [2.45, 2.75) is 38.8 Å². The molecule has 2 aromatic carbocycles. The summed E-state index contributed by atoms with van der Waals surface area (Å²) in [4.78, 5) is 25.0. The van der Waals surface area contributed by atoms with Gasteiger partial charge in [0.15, 0.2) is 11.5 Å². The average Bonchev–Trinajstić information content (AvgIpc) is 2.85. The van der Waals surface area contributed by atoms with Crippen molar-refractivity contribution in [1.82, 2.24) is 10.6 Å². The van der Waals surface area contributed by atoms with Crippen molar-refractivity contribution in [3.05, 3.63) is 64.9 Å². The second-order valence-corrected chi connectivity index (χ2v) is 7.57. The molecule has 33 heavy (non-hydrogen) atoms. The Morgan fingerprint density at radius 1 is 1.00 bits per heavy atom. The number of unbranched alkanes of at least 4 members (excludes halogenated alkanes) is 1. The number of hydrogen-bond donors (Lipinski definition) is 2. The molecule has 176 valence electrons. The minimum atomic E-state index is -0.664. The van der Waals surface area contributed by atoms with Gasteiger partial charge in [-0.3, -0.25) is 0 Å². The smallest absolute Gasteiger partial charge is 0.337 e. The molecule has 1 unspecified atom stereocenters. The molecule has 1 heterocycles. The average molecular weight is 455 g/mol. The van der Waals surface area contributed by atoms with E-state index in [2.05, 4.69) is 10.6 Å². The quantitative estimate of drug-likeness (QED) is 0.521. The number of urea groups is 1. The first-order chi connectivity index (χ1) is 16.0. The third kappa shape index (κ3) is 5.77. The van der Waals surface area contributed by atoms with E-state index < -0.39 is 12.0 Å². The highest BCUT2D eigenvalue weighted by atomic mass is 16.5. The standard InChI is InChI=1S/C25H30N2O6/c1-5-6-7-19-22(24(28)32-4)23(27-25(29)26-19)17-10-13-20(21(14-17)31-3)33-15-16-8-11-18(30-2)12-9-16/h8-14,23H,5-7,15H2,1-4H3,(H2,26,27,29). The Bertz CT molecular complexity index is 1020. The lowest BCUT2D eigenvalue weighted by atomic mass is 9.93. The van der Waals surface area contributed by atoms with Crippen LogP contribution in [0.5, 0.6) is 17.2 Å². The van der Waals surface area contributed by atoms with Gasteiger partial charge in [-0.05, 0) is 48.2 Å². The van der Waals surface area contributed by atoms with Gasteiger partial charge < -0.3 is 29.6 Å². The molecule has 0 aliphatic carbocycles. The van der Waals surface area contributed by atoms with E-state index in [4.69, 9.17) is 18.9 Å². The van der Waals surface area contributed by atoms with Gasteiger partial charge >= 0.3 is 12.0 Å². The first-order valence-electron chi connectivity index (χ1n) is 10.8. The Morgan fingerprint density at radius 3 is 2.39 bits per heavy atom. The molecule has 2 N–H and O–H groups in total. The number of rotatable bonds is 10. The van der Waals surface area contributed by atoms with Crippen LogP contribution in [0.4, 0.5) is 4.79 Å². The highest BCUT2D eigenvalue weighted by Gasteiger charge is 2.33. The van der Waals surface area contributed by atoms with Crippen molar-refractivity contribution in [3.63, 3.8) is 0 Å². The van der Waals surface area contributed by atoms with Crippen LogP contribution in [0.25, 0.3) is 0 Å². The van der Waals surface area contributed by atoms with E-state index in [1.165, 1.54) is 7.11 Å². The van der Waals surface area contributed by atoms with Gasteiger partial charge in [-0.1, -0.05) is 31.5 Å². The molecule has 8 heteroatoms. The lowest BCUT2D eigenvalue weighted by molar-refractivity contribution is -0.136. The molecule has 2 amide bonds. The molecule has 0 bridgehead atoms. The Hall–Kier alpha value is -3.68. The van der Waals surface area contributed by atoms with Gasteiger partial charge in [-0.2, -0.15) is 0 Å². The van der Waals surface area contributed by atoms with E-state index in [9.17, 15) is 9.59 Å². The summed E-state index contributed by atoms with van der Waals surface area (Å²) >= 11 is 0. The number of methoxy groups -OCH3 is 3. The van der Waals surface area contributed by atoms with Gasteiger partial charge in [0, 0.05) is 5.70 Å². The number of ether oxygens (including phenoxy) is 4. The SMILES string of the molecule is CCCCC1=C(C(=O)OC)C(c2ccc(OCc3ccc(OC)cc3)c(OC)c2)NC(=O)N1. The first kappa shape index (κ1) is 24.0. The van der Waals surface area contributed by atoms with Gasteiger partial charge in [-0.25, -0.2) is 9.59 Å². The predicted octanol–water partition coefficient (Wildman–Crippen LogP) is 4.25. The molecule has 0 saturated carbocycles. The van der Waals surface area contributed by atoms with Gasteiger partial charge in [-0.15, -0.1) is 0 Å². The summed E-state index contributed by atoms with van der Waals surface area (Å²) in [6, 6.07) is 11.9. The highest BCUT2D eigenvalue weighted by molar-refractivity contribution is 5.95. The van der Waals surface area contributed by atoms with E-state index >= 15 is 0 Å². The summed E-state index contributed by atoms with van der Waals surface area (Å²) in [7, 11) is 4.50. The minimum Gasteiger partial charge on any atom is -0.497 e. The maximum atomic E-state index is 12.6. The number of allylic oxidation sites excluding steroid dienone is 1. The Balaban J connectivity index is 1.87. The van der Waals surface area contributed by atoms with Crippen molar-refractivity contribution in [1.29, 1.82) is 0 Å². The fourth-order valence-electron chi connectivity index (χ4n) is 3.64. The molecule has 0 spiro atoms. The van der Waals surface area contributed by atoms with Crippen LogP contribution >= 0.6 is 0 Å². The maximum Gasteiger partial charge on any atom is 0.337 e. The van der Waals surface area contributed by atoms with E-state index in [1.54, 1.807) is 26.4 Å². The number of carbonyl (C=O) groups is 2. The zero-order valence-corrected chi connectivity index (χ0v) is 19.4. The Kier molecular flexibility index (Phi) is 8.18. The number of amides is 2. The summed E-state index contributed by atoms with van der Waals surface area (Å²) in [5.41, 5.74) is 2.63. The first-order valence-corrected chi connectivity index (χ1v) is 10.8. The minimum absolute atomic E-state index is 0.346. The van der Waals surface area contributed by atoms with Gasteiger partial charge in [0.1, 0.15) is 12.4 Å². The lowest BCUT2D eigenvalue weighted by Gasteiger charge is -2.29. The van der Waals surface area contributed by atoms with Crippen LogP contribution in [0.3, 0.4) is 0 Å².